The Morgan fingerprint density at radius 1 is 1.17 bits per heavy atom. The molecule has 182 valence electrons. The number of aromatic carboxylic acids is 1. The number of fused-ring (bicyclic) bond motifs is 1. The summed E-state index contributed by atoms with van der Waals surface area (Å²) in [5.74, 6) is -1.39. The molecule has 5 rings (SSSR count). The number of rotatable bonds is 5. The third-order valence-corrected chi connectivity index (χ3v) is 6.77. The zero-order valence-electron chi connectivity index (χ0n) is 19.4. The molecule has 1 amide bonds. The van der Waals surface area contributed by atoms with Gasteiger partial charge in [0.1, 0.15) is 0 Å². The molecule has 1 saturated heterocycles. The third-order valence-electron chi connectivity index (χ3n) is 6.56. The number of aryl methyl sites for hydroxylation is 1. The number of hydrogen-bond donors (Lipinski definition) is 1. The van der Waals surface area contributed by atoms with Gasteiger partial charge in [-0.05, 0) is 36.6 Å². The number of aromatic nitrogens is 3. The first-order valence-corrected chi connectivity index (χ1v) is 11.9. The molecule has 10 heteroatoms. The number of carbonyl (C=O) groups is 2. The highest BCUT2D eigenvalue weighted by atomic mass is 35.5. The number of benzene rings is 1. The number of carboxylic acids is 1. The average Bonchev–Trinajstić information content (AvgIpc) is 3.25. The van der Waals surface area contributed by atoms with Crippen LogP contribution in [-0.2, 0) is 17.7 Å². The van der Waals surface area contributed by atoms with Gasteiger partial charge < -0.3 is 14.7 Å². The van der Waals surface area contributed by atoms with Crippen molar-refractivity contribution in [3.63, 3.8) is 0 Å². The van der Waals surface area contributed by atoms with Crippen LogP contribution in [0.15, 0.2) is 42.6 Å². The summed E-state index contributed by atoms with van der Waals surface area (Å²) >= 11 is 6.24. The van der Waals surface area contributed by atoms with Gasteiger partial charge in [0.15, 0.2) is 11.4 Å². The lowest BCUT2D eigenvalue weighted by molar-refractivity contribution is 0.0191. The predicted octanol–water partition coefficient (Wildman–Crippen LogP) is 2.83. The SMILES string of the molecule is Cc1cc(C(=O)O)nn1-c1cc(Cl)cnc1C(=O)N1Cc2ccccc2C[C@H]1CN1CCOCC1. The number of halogens is 1. The van der Waals surface area contributed by atoms with E-state index in [-0.39, 0.29) is 23.3 Å². The Kier molecular flexibility index (Phi) is 6.55. The van der Waals surface area contributed by atoms with Crippen molar-refractivity contribution in [3.05, 3.63) is 75.8 Å². The largest absolute Gasteiger partial charge is 0.476 e. The number of hydrogen-bond acceptors (Lipinski definition) is 6. The highest BCUT2D eigenvalue weighted by Gasteiger charge is 2.34. The Balaban J connectivity index is 1.53. The number of morpholine rings is 1. The molecule has 1 aromatic carbocycles. The summed E-state index contributed by atoms with van der Waals surface area (Å²) in [6.45, 7) is 5.95. The second kappa shape index (κ2) is 9.77. The van der Waals surface area contributed by atoms with E-state index in [2.05, 4.69) is 21.0 Å². The van der Waals surface area contributed by atoms with E-state index in [4.69, 9.17) is 16.3 Å². The van der Waals surface area contributed by atoms with Gasteiger partial charge in [-0.3, -0.25) is 9.69 Å². The first kappa shape index (κ1) is 23.5. The molecular weight excluding hydrogens is 470 g/mol. The van der Waals surface area contributed by atoms with Crippen molar-refractivity contribution in [1.82, 2.24) is 24.6 Å². The molecule has 9 nitrogen and oxygen atoms in total. The van der Waals surface area contributed by atoms with Crippen LogP contribution in [0.2, 0.25) is 5.02 Å². The summed E-state index contributed by atoms with van der Waals surface area (Å²) in [7, 11) is 0. The normalized spacial score (nSPS) is 18.3. The Hall–Kier alpha value is -3.27. The van der Waals surface area contributed by atoms with Crippen LogP contribution in [0.5, 0.6) is 0 Å². The van der Waals surface area contributed by atoms with E-state index < -0.39 is 5.97 Å². The van der Waals surface area contributed by atoms with Crippen molar-refractivity contribution < 1.29 is 19.4 Å². The Morgan fingerprint density at radius 3 is 2.63 bits per heavy atom. The highest BCUT2D eigenvalue weighted by molar-refractivity contribution is 6.30. The van der Waals surface area contributed by atoms with Crippen LogP contribution in [-0.4, -0.2) is 80.4 Å². The topological polar surface area (TPSA) is 101 Å². The maximum absolute atomic E-state index is 14.0. The summed E-state index contributed by atoms with van der Waals surface area (Å²) in [5, 5.41) is 13.9. The van der Waals surface area contributed by atoms with E-state index in [1.807, 2.05) is 23.1 Å². The molecule has 0 spiro atoms. The molecule has 1 fully saturated rings. The van der Waals surface area contributed by atoms with Crippen molar-refractivity contribution in [3.8, 4) is 5.69 Å². The Morgan fingerprint density at radius 2 is 1.91 bits per heavy atom. The molecule has 35 heavy (non-hydrogen) atoms. The zero-order valence-corrected chi connectivity index (χ0v) is 20.1. The molecule has 4 heterocycles. The van der Waals surface area contributed by atoms with Gasteiger partial charge in [0.25, 0.3) is 5.91 Å². The van der Waals surface area contributed by atoms with E-state index in [0.29, 0.717) is 36.2 Å². The van der Waals surface area contributed by atoms with Crippen molar-refractivity contribution in [2.45, 2.75) is 25.9 Å². The van der Waals surface area contributed by atoms with Gasteiger partial charge in [-0.15, -0.1) is 0 Å². The molecule has 1 N–H and O–H groups in total. The summed E-state index contributed by atoms with van der Waals surface area (Å²) in [5.41, 5.74) is 3.35. The van der Waals surface area contributed by atoms with Gasteiger partial charge in [-0.1, -0.05) is 35.9 Å². The molecule has 2 aliphatic rings. The summed E-state index contributed by atoms with van der Waals surface area (Å²) in [6.07, 6.45) is 2.18. The standard InChI is InChI=1S/C25H26ClN5O4/c1-16-10-21(25(33)34)28-31(16)22-12-19(26)13-27-23(22)24(32)30-14-18-5-3-2-4-17(18)11-20(30)15-29-6-8-35-9-7-29/h2-5,10,12-13,20H,6-9,11,14-15H2,1H3,(H,33,34)/t20-/m0/s1. The summed E-state index contributed by atoms with van der Waals surface area (Å²) in [4.78, 5) is 34.1. The average molecular weight is 496 g/mol. The fourth-order valence-corrected chi connectivity index (χ4v) is 4.94. The lowest BCUT2D eigenvalue weighted by Gasteiger charge is -2.40. The second-order valence-electron chi connectivity index (χ2n) is 8.88. The quantitative estimate of drug-likeness (QED) is 0.580. The van der Waals surface area contributed by atoms with E-state index >= 15 is 0 Å². The predicted molar refractivity (Wildman–Crippen MR) is 129 cm³/mol. The number of carboxylic acid groups (broad SMARTS) is 1. The number of nitrogens with zero attached hydrogens (tertiary/aromatic N) is 5. The number of amides is 1. The third kappa shape index (κ3) is 4.80. The first-order chi connectivity index (χ1) is 16.9. The maximum Gasteiger partial charge on any atom is 0.356 e. The van der Waals surface area contributed by atoms with Crippen molar-refractivity contribution in [2.24, 2.45) is 0 Å². The Labute approximate surface area is 207 Å². The minimum atomic E-state index is -1.15. The van der Waals surface area contributed by atoms with E-state index in [1.54, 1.807) is 13.0 Å². The van der Waals surface area contributed by atoms with Crippen molar-refractivity contribution in [1.29, 1.82) is 0 Å². The number of pyridine rings is 1. The summed E-state index contributed by atoms with van der Waals surface area (Å²) < 4.78 is 6.92. The molecule has 0 radical (unpaired) electrons. The maximum atomic E-state index is 14.0. The van der Waals surface area contributed by atoms with Crippen LogP contribution in [0.3, 0.4) is 0 Å². The van der Waals surface area contributed by atoms with Gasteiger partial charge in [0.2, 0.25) is 0 Å². The van der Waals surface area contributed by atoms with E-state index in [0.717, 1.165) is 31.6 Å². The molecule has 3 aromatic rings. The van der Waals surface area contributed by atoms with E-state index in [9.17, 15) is 14.7 Å². The number of carbonyl (C=O) groups excluding carboxylic acids is 1. The number of ether oxygens (including phenoxy) is 1. The molecule has 0 bridgehead atoms. The lowest BCUT2D eigenvalue weighted by atomic mass is 9.93. The van der Waals surface area contributed by atoms with Crippen LogP contribution >= 0.6 is 11.6 Å². The van der Waals surface area contributed by atoms with Gasteiger partial charge >= 0.3 is 5.97 Å². The summed E-state index contributed by atoms with van der Waals surface area (Å²) in [6, 6.07) is 11.2. The van der Waals surface area contributed by atoms with Crippen LogP contribution in [0.1, 0.15) is 37.8 Å². The zero-order chi connectivity index (χ0) is 24.5. The monoisotopic (exact) mass is 495 g/mol. The minimum Gasteiger partial charge on any atom is -0.476 e. The molecule has 0 saturated carbocycles. The smallest absolute Gasteiger partial charge is 0.356 e. The lowest BCUT2D eigenvalue weighted by Crippen LogP contribution is -2.52. The van der Waals surface area contributed by atoms with Gasteiger partial charge in [-0.25, -0.2) is 14.5 Å². The highest BCUT2D eigenvalue weighted by Crippen LogP contribution is 2.28. The fraction of sp³-hybridized carbons (Fsp3) is 0.360. The van der Waals surface area contributed by atoms with Crippen molar-refractivity contribution in [2.75, 3.05) is 32.8 Å². The van der Waals surface area contributed by atoms with Crippen LogP contribution in [0.25, 0.3) is 5.69 Å². The van der Waals surface area contributed by atoms with Crippen LogP contribution in [0, 0.1) is 6.92 Å². The van der Waals surface area contributed by atoms with Gasteiger partial charge in [-0.2, -0.15) is 5.10 Å². The minimum absolute atomic E-state index is 0.0471. The molecule has 0 aliphatic carbocycles. The van der Waals surface area contributed by atoms with Crippen molar-refractivity contribution >= 4 is 23.5 Å². The van der Waals surface area contributed by atoms with Gasteiger partial charge in [0, 0.05) is 44.1 Å². The van der Waals surface area contributed by atoms with Gasteiger partial charge in [0.05, 0.1) is 23.9 Å². The Bertz CT molecular complexity index is 1270. The fourth-order valence-electron chi connectivity index (χ4n) is 4.78. The molecular formula is C25H26ClN5O4. The first-order valence-electron chi connectivity index (χ1n) is 11.5. The molecule has 1 atom stereocenters. The van der Waals surface area contributed by atoms with Crippen LogP contribution in [0.4, 0.5) is 0 Å². The molecule has 2 aromatic heterocycles. The second-order valence-corrected chi connectivity index (χ2v) is 9.32. The molecule has 2 aliphatic heterocycles. The molecule has 0 unspecified atom stereocenters. The van der Waals surface area contributed by atoms with E-state index in [1.165, 1.54) is 22.5 Å². The van der Waals surface area contributed by atoms with Crippen LogP contribution < -0.4 is 0 Å².